The van der Waals surface area contributed by atoms with Crippen molar-refractivity contribution in [3.05, 3.63) is 70.3 Å². The molecule has 1 unspecified atom stereocenters. The molecule has 0 aliphatic carbocycles. The van der Waals surface area contributed by atoms with Crippen LogP contribution in [-0.2, 0) is 22.6 Å². The normalized spacial score (nSPS) is 12.0. The largest absolute Gasteiger partial charge is 0.361 e. The number of likely N-dealkylation sites (N-methyl/N-ethyl adjacent to an activating group) is 1. The number of fused-ring (bicyclic) bond motifs is 1. The number of H-pyrrole nitrogens is 1. The molecule has 1 heterocycles. The van der Waals surface area contributed by atoms with Crippen LogP contribution in [0.25, 0.3) is 10.9 Å². The Labute approximate surface area is 166 Å². The molecule has 0 bridgehead atoms. The van der Waals surface area contributed by atoms with Crippen LogP contribution in [0.4, 0.5) is 0 Å². The number of aromatic nitrogens is 1. The van der Waals surface area contributed by atoms with Crippen molar-refractivity contribution in [2.24, 2.45) is 0 Å². The minimum absolute atomic E-state index is 0.113. The van der Waals surface area contributed by atoms with Crippen molar-refractivity contribution >= 4 is 38.6 Å². The first-order chi connectivity index (χ1) is 12.9. The van der Waals surface area contributed by atoms with Crippen LogP contribution in [0, 0.1) is 0 Å². The Kier molecular flexibility index (Phi) is 5.96. The van der Waals surface area contributed by atoms with Crippen LogP contribution in [-0.4, -0.2) is 34.8 Å². The number of carbonyl (C=O) groups is 2. The van der Waals surface area contributed by atoms with Crippen molar-refractivity contribution in [1.82, 2.24) is 15.2 Å². The van der Waals surface area contributed by atoms with E-state index in [0.717, 1.165) is 26.5 Å². The molecule has 0 spiro atoms. The van der Waals surface area contributed by atoms with E-state index in [1.54, 1.807) is 11.9 Å². The molecular weight excluding hydrogens is 406 g/mol. The number of aromatic amines is 1. The molecule has 0 saturated carbocycles. The average Bonchev–Trinajstić information content (AvgIpc) is 3.05. The van der Waals surface area contributed by atoms with Crippen LogP contribution in [0.3, 0.4) is 0 Å². The maximum Gasteiger partial charge on any atom is 0.245 e. The lowest BCUT2D eigenvalue weighted by molar-refractivity contribution is -0.135. The highest BCUT2D eigenvalue weighted by molar-refractivity contribution is 9.10. The second-order valence-electron chi connectivity index (χ2n) is 6.64. The summed E-state index contributed by atoms with van der Waals surface area (Å²) in [5.41, 5.74) is 3.06. The lowest BCUT2D eigenvalue weighted by Crippen LogP contribution is -2.47. The Morgan fingerprint density at radius 2 is 1.85 bits per heavy atom. The minimum Gasteiger partial charge on any atom is -0.361 e. The monoisotopic (exact) mass is 427 g/mol. The van der Waals surface area contributed by atoms with Gasteiger partial charge in [-0.3, -0.25) is 9.59 Å². The predicted molar refractivity (Wildman–Crippen MR) is 110 cm³/mol. The lowest BCUT2D eigenvalue weighted by atomic mass is 10.0. The Hall–Kier alpha value is -2.60. The molecule has 0 fully saturated rings. The predicted octanol–water partition coefficient (Wildman–Crippen LogP) is 3.64. The van der Waals surface area contributed by atoms with E-state index >= 15 is 0 Å². The summed E-state index contributed by atoms with van der Waals surface area (Å²) in [6.07, 6.45) is 2.34. The first-order valence-corrected chi connectivity index (χ1v) is 9.55. The second kappa shape index (κ2) is 8.39. The molecule has 3 rings (SSSR count). The molecule has 0 aliphatic heterocycles. The Morgan fingerprint density at radius 1 is 1.15 bits per heavy atom. The number of nitrogens with zero attached hydrogens (tertiary/aromatic N) is 1. The van der Waals surface area contributed by atoms with E-state index < -0.39 is 6.04 Å². The van der Waals surface area contributed by atoms with Gasteiger partial charge in [0.15, 0.2) is 0 Å². The van der Waals surface area contributed by atoms with Crippen LogP contribution >= 0.6 is 15.9 Å². The van der Waals surface area contributed by atoms with Gasteiger partial charge in [0.05, 0.1) is 0 Å². The zero-order valence-corrected chi connectivity index (χ0v) is 16.9. The van der Waals surface area contributed by atoms with Gasteiger partial charge in [0.2, 0.25) is 11.8 Å². The topological polar surface area (TPSA) is 65.2 Å². The second-order valence-corrected chi connectivity index (χ2v) is 7.55. The zero-order valence-electron chi connectivity index (χ0n) is 15.3. The summed E-state index contributed by atoms with van der Waals surface area (Å²) in [7, 11) is 1.76. The highest BCUT2D eigenvalue weighted by Crippen LogP contribution is 2.20. The molecule has 6 heteroatoms. The fraction of sp³-hybridized carbons (Fsp3) is 0.238. The van der Waals surface area contributed by atoms with E-state index in [0.29, 0.717) is 13.0 Å². The van der Waals surface area contributed by atoms with E-state index in [9.17, 15) is 9.59 Å². The van der Waals surface area contributed by atoms with Crippen LogP contribution in [0.1, 0.15) is 18.1 Å². The van der Waals surface area contributed by atoms with E-state index in [2.05, 4.69) is 26.2 Å². The summed E-state index contributed by atoms with van der Waals surface area (Å²) < 4.78 is 0.996. The maximum atomic E-state index is 13.0. The quantitative estimate of drug-likeness (QED) is 0.630. The standard InChI is InChI=1S/C21H22BrN3O2/c1-14(26)24-20(11-16-12-23-19-6-4-3-5-18(16)19)21(27)25(2)13-15-7-9-17(22)10-8-15/h3-10,12,20,23H,11,13H2,1-2H3,(H,24,26). The number of hydrogen-bond acceptors (Lipinski definition) is 2. The number of hydrogen-bond donors (Lipinski definition) is 2. The SMILES string of the molecule is CC(=O)NC(Cc1c[nH]c2ccccc12)C(=O)N(C)Cc1ccc(Br)cc1. The van der Waals surface area contributed by atoms with Crippen LogP contribution < -0.4 is 5.32 Å². The molecule has 3 aromatic rings. The van der Waals surface area contributed by atoms with Crippen LogP contribution in [0.2, 0.25) is 0 Å². The highest BCUT2D eigenvalue weighted by Gasteiger charge is 2.24. The van der Waals surface area contributed by atoms with Gasteiger partial charge in [0.25, 0.3) is 0 Å². The molecule has 2 amide bonds. The van der Waals surface area contributed by atoms with Crippen molar-refractivity contribution in [2.45, 2.75) is 25.9 Å². The Bertz CT molecular complexity index is 949. The summed E-state index contributed by atoms with van der Waals surface area (Å²) in [5, 5.41) is 3.87. The molecule has 2 aromatic carbocycles. The summed E-state index contributed by atoms with van der Waals surface area (Å²) in [6, 6.07) is 15.2. The summed E-state index contributed by atoms with van der Waals surface area (Å²) in [5.74, 6) is -0.330. The Morgan fingerprint density at radius 3 is 2.56 bits per heavy atom. The van der Waals surface area contributed by atoms with Crippen molar-refractivity contribution in [3.63, 3.8) is 0 Å². The number of carbonyl (C=O) groups excluding carboxylic acids is 2. The molecule has 1 atom stereocenters. The van der Waals surface area contributed by atoms with Crippen LogP contribution in [0.15, 0.2) is 59.2 Å². The first kappa shape index (κ1) is 19.2. The third-order valence-electron chi connectivity index (χ3n) is 4.48. The smallest absolute Gasteiger partial charge is 0.245 e. The van der Waals surface area contributed by atoms with Crippen molar-refractivity contribution in [1.29, 1.82) is 0 Å². The number of benzene rings is 2. The van der Waals surface area contributed by atoms with Gasteiger partial charge in [-0.15, -0.1) is 0 Å². The van der Waals surface area contributed by atoms with Gasteiger partial charge >= 0.3 is 0 Å². The molecule has 0 saturated heterocycles. The number of halogens is 1. The molecule has 140 valence electrons. The molecule has 0 radical (unpaired) electrons. The third kappa shape index (κ3) is 4.77. The van der Waals surface area contributed by atoms with Gasteiger partial charge in [-0.1, -0.05) is 46.3 Å². The fourth-order valence-corrected chi connectivity index (χ4v) is 3.44. The van der Waals surface area contributed by atoms with Crippen molar-refractivity contribution < 1.29 is 9.59 Å². The summed E-state index contributed by atoms with van der Waals surface area (Å²) in [6.45, 7) is 1.92. The highest BCUT2D eigenvalue weighted by atomic mass is 79.9. The van der Waals surface area contributed by atoms with Gasteiger partial charge in [-0.2, -0.15) is 0 Å². The Balaban J connectivity index is 1.77. The average molecular weight is 428 g/mol. The van der Waals surface area contributed by atoms with E-state index in [1.165, 1.54) is 6.92 Å². The number of nitrogens with one attached hydrogen (secondary N) is 2. The zero-order chi connectivity index (χ0) is 19.4. The van der Waals surface area contributed by atoms with E-state index in [4.69, 9.17) is 0 Å². The van der Waals surface area contributed by atoms with Crippen molar-refractivity contribution in [2.75, 3.05) is 7.05 Å². The summed E-state index contributed by atoms with van der Waals surface area (Å²) in [4.78, 5) is 29.5. The molecule has 0 aliphatic rings. The van der Waals surface area contributed by atoms with Gasteiger partial charge in [0, 0.05) is 48.5 Å². The minimum atomic E-state index is -0.609. The third-order valence-corrected chi connectivity index (χ3v) is 5.01. The van der Waals surface area contributed by atoms with Crippen molar-refractivity contribution in [3.8, 4) is 0 Å². The van der Waals surface area contributed by atoms with Gasteiger partial charge in [-0.05, 0) is 29.3 Å². The van der Waals surface area contributed by atoms with Gasteiger partial charge < -0.3 is 15.2 Å². The first-order valence-electron chi connectivity index (χ1n) is 8.75. The number of rotatable bonds is 6. The lowest BCUT2D eigenvalue weighted by Gasteiger charge is -2.24. The van der Waals surface area contributed by atoms with Gasteiger partial charge in [-0.25, -0.2) is 0 Å². The molecule has 2 N–H and O–H groups in total. The van der Waals surface area contributed by atoms with Gasteiger partial charge in [0.1, 0.15) is 6.04 Å². The van der Waals surface area contributed by atoms with Crippen LogP contribution in [0.5, 0.6) is 0 Å². The fourth-order valence-electron chi connectivity index (χ4n) is 3.17. The molecular formula is C21H22BrN3O2. The molecule has 1 aromatic heterocycles. The number of amides is 2. The number of para-hydroxylation sites is 1. The maximum absolute atomic E-state index is 13.0. The summed E-state index contributed by atoms with van der Waals surface area (Å²) >= 11 is 3.41. The molecule has 5 nitrogen and oxygen atoms in total. The van der Waals surface area contributed by atoms with E-state index in [1.807, 2.05) is 54.7 Å². The van der Waals surface area contributed by atoms with E-state index in [-0.39, 0.29) is 11.8 Å². The molecule has 27 heavy (non-hydrogen) atoms.